The molecule has 2 aromatic carbocycles. The summed E-state index contributed by atoms with van der Waals surface area (Å²) in [6.45, 7) is 3.13. The molecule has 3 N–H and O–H groups in total. The molecule has 0 aliphatic rings. The van der Waals surface area contributed by atoms with Gasteiger partial charge in [-0.15, -0.1) is 0 Å². The molecular weight excluding hydrogens is 390 g/mol. The van der Waals surface area contributed by atoms with Gasteiger partial charge in [0.05, 0.1) is 10.9 Å². The van der Waals surface area contributed by atoms with Crippen LogP contribution < -0.4 is 15.4 Å². The third-order valence-electron chi connectivity index (χ3n) is 3.91. The van der Waals surface area contributed by atoms with E-state index in [2.05, 4.69) is 15.4 Å². The first-order chi connectivity index (χ1) is 12.7. The van der Waals surface area contributed by atoms with Gasteiger partial charge in [-0.1, -0.05) is 17.7 Å². The normalized spacial score (nSPS) is 12.3. The zero-order chi connectivity index (χ0) is 20.2. The van der Waals surface area contributed by atoms with Crippen LogP contribution in [0, 0.1) is 6.92 Å². The van der Waals surface area contributed by atoms with Crippen molar-refractivity contribution in [2.75, 3.05) is 12.4 Å². The van der Waals surface area contributed by atoms with Gasteiger partial charge < -0.3 is 10.6 Å². The number of sulfonamides is 1. The number of benzene rings is 2. The average Bonchev–Trinajstić information content (AvgIpc) is 2.62. The van der Waals surface area contributed by atoms with Crippen molar-refractivity contribution in [3.8, 4) is 0 Å². The van der Waals surface area contributed by atoms with Crippen LogP contribution >= 0.6 is 11.6 Å². The molecule has 0 heterocycles. The Morgan fingerprint density at radius 3 is 2.30 bits per heavy atom. The van der Waals surface area contributed by atoms with Gasteiger partial charge in [-0.2, -0.15) is 4.72 Å². The summed E-state index contributed by atoms with van der Waals surface area (Å²) in [6.07, 6.45) is 0. The first kappa shape index (κ1) is 20.9. The lowest BCUT2D eigenvalue weighted by Gasteiger charge is -2.16. The Balaban J connectivity index is 2.14. The molecule has 9 heteroatoms. The predicted molar refractivity (Wildman–Crippen MR) is 104 cm³/mol. The van der Waals surface area contributed by atoms with Crippen molar-refractivity contribution in [3.63, 3.8) is 0 Å². The largest absolute Gasteiger partial charge is 0.355 e. The summed E-state index contributed by atoms with van der Waals surface area (Å²) in [5.74, 6) is -0.829. The maximum atomic E-state index is 12.4. The number of anilines is 1. The van der Waals surface area contributed by atoms with Crippen LogP contribution in [-0.4, -0.2) is 33.3 Å². The van der Waals surface area contributed by atoms with Gasteiger partial charge in [-0.25, -0.2) is 8.42 Å². The van der Waals surface area contributed by atoms with Gasteiger partial charge in [0.15, 0.2) is 0 Å². The second-order valence-electron chi connectivity index (χ2n) is 5.84. The van der Waals surface area contributed by atoms with Crippen LogP contribution in [0.3, 0.4) is 0 Å². The topological polar surface area (TPSA) is 104 Å². The van der Waals surface area contributed by atoms with Crippen LogP contribution in [0.15, 0.2) is 47.4 Å². The van der Waals surface area contributed by atoms with Crippen molar-refractivity contribution in [2.45, 2.75) is 24.8 Å². The van der Waals surface area contributed by atoms with E-state index in [0.29, 0.717) is 21.8 Å². The molecule has 27 heavy (non-hydrogen) atoms. The van der Waals surface area contributed by atoms with E-state index in [1.54, 1.807) is 25.1 Å². The summed E-state index contributed by atoms with van der Waals surface area (Å²) in [7, 11) is -2.37. The average molecular weight is 410 g/mol. The number of amides is 2. The van der Waals surface area contributed by atoms with Gasteiger partial charge >= 0.3 is 0 Å². The summed E-state index contributed by atoms with van der Waals surface area (Å²) in [5, 5.41) is 5.58. The highest BCUT2D eigenvalue weighted by molar-refractivity contribution is 7.89. The molecule has 0 unspecified atom stereocenters. The second kappa shape index (κ2) is 8.51. The van der Waals surface area contributed by atoms with Crippen molar-refractivity contribution >= 4 is 39.1 Å². The van der Waals surface area contributed by atoms with E-state index in [1.165, 1.54) is 38.2 Å². The van der Waals surface area contributed by atoms with Gasteiger partial charge in [0.25, 0.3) is 5.91 Å². The van der Waals surface area contributed by atoms with Crippen LogP contribution in [-0.2, 0) is 14.8 Å². The van der Waals surface area contributed by atoms with Crippen molar-refractivity contribution in [3.05, 3.63) is 58.6 Å². The summed E-state index contributed by atoms with van der Waals surface area (Å²) >= 11 is 5.76. The number of hydrogen-bond acceptors (Lipinski definition) is 4. The van der Waals surface area contributed by atoms with E-state index in [9.17, 15) is 18.0 Å². The summed E-state index contributed by atoms with van der Waals surface area (Å²) in [6, 6.07) is 9.49. The molecule has 0 fully saturated rings. The first-order valence-electron chi connectivity index (χ1n) is 8.06. The minimum atomic E-state index is -3.88. The molecule has 2 aromatic rings. The quantitative estimate of drug-likeness (QED) is 0.680. The maximum Gasteiger partial charge on any atom is 0.251 e. The molecule has 0 aliphatic heterocycles. The van der Waals surface area contributed by atoms with E-state index in [4.69, 9.17) is 11.6 Å². The van der Waals surface area contributed by atoms with Gasteiger partial charge in [0.2, 0.25) is 15.9 Å². The van der Waals surface area contributed by atoms with Crippen LogP contribution in [0.5, 0.6) is 0 Å². The standard InChI is InChI=1S/C18H20ClN3O4S/c1-11-15(18(24)20-3)5-4-6-16(11)21-17(23)12(2)22-27(25,26)14-9-7-13(19)8-10-14/h4-10,12,22H,1-3H3,(H,20,24)(H,21,23)/t12-/m0/s1. The van der Waals surface area contributed by atoms with E-state index in [0.717, 1.165) is 0 Å². The maximum absolute atomic E-state index is 12.4. The zero-order valence-corrected chi connectivity index (χ0v) is 16.6. The minimum absolute atomic E-state index is 0.00402. The van der Waals surface area contributed by atoms with Crippen molar-refractivity contribution < 1.29 is 18.0 Å². The van der Waals surface area contributed by atoms with Crippen LogP contribution in [0.2, 0.25) is 5.02 Å². The lowest BCUT2D eigenvalue weighted by atomic mass is 10.1. The summed E-state index contributed by atoms with van der Waals surface area (Å²) < 4.78 is 27.1. The zero-order valence-electron chi connectivity index (χ0n) is 15.0. The molecule has 0 bridgehead atoms. The predicted octanol–water partition coefficient (Wildman–Crippen LogP) is 2.31. The highest BCUT2D eigenvalue weighted by Crippen LogP contribution is 2.19. The Kier molecular flexibility index (Phi) is 6.59. The van der Waals surface area contributed by atoms with Gasteiger partial charge in [-0.05, 0) is 55.8 Å². The van der Waals surface area contributed by atoms with Crippen molar-refractivity contribution in [1.29, 1.82) is 0 Å². The summed E-state index contributed by atoms with van der Waals surface area (Å²) in [4.78, 5) is 24.3. The molecule has 144 valence electrons. The Labute approximate surface area is 163 Å². The van der Waals surface area contributed by atoms with Gasteiger partial charge in [0.1, 0.15) is 0 Å². The van der Waals surface area contributed by atoms with E-state index < -0.39 is 22.0 Å². The Hall–Kier alpha value is -2.42. The molecule has 0 saturated heterocycles. The molecule has 2 rings (SSSR count). The molecule has 2 amide bonds. The van der Waals surface area contributed by atoms with Gasteiger partial charge in [0, 0.05) is 23.3 Å². The third kappa shape index (κ3) is 5.06. The Morgan fingerprint density at radius 1 is 1.07 bits per heavy atom. The van der Waals surface area contributed by atoms with E-state index >= 15 is 0 Å². The number of halogens is 1. The molecule has 7 nitrogen and oxygen atoms in total. The minimum Gasteiger partial charge on any atom is -0.355 e. The van der Waals surface area contributed by atoms with E-state index in [-0.39, 0.29) is 10.8 Å². The number of carbonyl (C=O) groups excluding carboxylic acids is 2. The van der Waals surface area contributed by atoms with Crippen LogP contribution in [0.1, 0.15) is 22.8 Å². The highest BCUT2D eigenvalue weighted by Gasteiger charge is 2.23. The smallest absolute Gasteiger partial charge is 0.251 e. The molecule has 0 aliphatic carbocycles. The van der Waals surface area contributed by atoms with Crippen LogP contribution in [0.25, 0.3) is 0 Å². The second-order valence-corrected chi connectivity index (χ2v) is 7.99. The van der Waals surface area contributed by atoms with E-state index in [1.807, 2.05) is 0 Å². The number of hydrogen-bond donors (Lipinski definition) is 3. The fourth-order valence-corrected chi connectivity index (χ4v) is 3.69. The van der Waals surface area contributed by atoms with Crippen molar-refractivity contribution in [2.24, 2.45) is 0 Å². The van der Waals surface area contributed by atoms with Crippen molar-refractivity contribution in [1.82, 2.24) is 10.0 Å². The molecule has 0 spiro atoms. The molecule has 0 radical (unpaired) electrons. The molecule has 0 saturated carbocycles. The fourth-order valence-electron chi connectivity index (χ4n) is 2.36. The van der Waals surface area contributed by atoms with Gasteiger partial charge in [-0.3, -0.25) is 9.59 Å². The number of carbonyl (C=O) groups is 2. The fraction of sp³-hybridized carbons (Fsp3) is 0.222. The SMILES string of the molecule is CNC(=O)c1cccc(NC(=O)[C@H](C)NS(=O)(=O)c2ccc(Cl)cc2)c1C. The monoisotopic (exact) mass is 409 g/mol. The first-order valence-corrected chi connectivity index (χ1v) is 9.92. The highest BCUT2D eigenvalue weighted by atomic mass is 35.5. The Morgan fingerprint density at radius 2 is 1.70 bits per heavy atom. The summed E-state index contributed by atoms with van der Waals surface area (Å²) in [5.41, 5.74) is 1.43. The third-order valence-corrected chi connectivity index (χ3v) is 5.72. The number of nitrogens with one attached hydrogen (secondary N) is 3. The number of rotatable bonds is 6. The lowest BCUT2D eigenvalue weighted by Crippen LogP contribution is -2.41. The molecular formula is C18H20ClN3O4S. The molecule has 1 atom stereocenters. The van der Waals surface area contributed by atoms with Crippen LogP contribution in [0.4, 0.5) is 5.69 Å². The molecule has 0 aromatic heterocycles. The lowest BCUT2D eigenvalue weighted by molar-refractivity contribution is -0.117. The Bertz CT molecular complexity index is 959.